The minimum Gasteiger partial charge on any atom is -0.493 e. The highest BCUT2D eigenvalue weighted by Crippen LogP contribution is 2.29. The first-order valence-corrected chi connectivity index (χ1v) is 5.90. The monoisotopic (exact) mass is 250 g/mol. The molecule has 0 N–H and O–H groups in total. The second-order valence-electron chi connectivity index (χ2n) is 4.13. The van der Waals surface area contributed by atoms with E-state index in [-0.39, 0.29) is 11.7 Å². The summed E-state index contributed by atoms with van der Waals surface area (Å²) < 4.78 is 10.1. The Kier molecular flexibility index (Phi) is 4.89. The Morgan fingerprint density at radius 2 is 1.94 bits per heavy atom. The third-order valence-electron chi connectivity index (χ3n) is 2.76. The molecule has 0 radical (unpaired) electrons. The highest BCUT2D eigenvalue weighted by Gasteiger charge is 2.16. The minimum atomic E-state index is -0.422. The van der Waals surface area contributed by atoms with Gasteiger partial charge in [-0.05, 0) is 24.6 Å². The van der Waals surface area contributed by atoms with E-state index in [1.807, 2.05) is 13.8 Å². The molecule has 0 aliphatic heterocycles. The maximum absolute atomic E-state index is 12.0. The lowest BCUT2D eigenvalue weighted by Crippen LogP contribution is -2.11. The SMILES string of the molecule is CCC(C)C(=O)c1ccc(OC(C)=O)c(OC)c1. The van der Waals surface area contributed by atoms with Gasteiger partial charge in [0.2, 0.25) is 0 Å². The zero-order chi connectivity index (χ0) is 13.7. The van der Waals surface area contributed by atoms with E-state index in [0.29, 0.717) is 17.1 Å². The average molecular weight is 250 g/mol. The molecule has 0 fully saturated rings. The van der Waals surface area contributed by atoms with E-state index in [2.05, 4.69) is 0 Å². The molecule has 0 saturated heterocycles. The first kappa shape index (κ1) is 14.2. The van der Waals surface area contributed by atoms with Crippen LogP contribution < -0.4 is 9.47 Å². The van der Waals surface area contributed by atoms with Crippen LogP contribution >= 0.6 is 0 Å². The van der Waals surface area contributed by atoms with Crippen LogP contribution in [0.4, 0.5) is 0 Å². The molecule has 1 atom stereocenters. The quantitative estimate of drug-likeness (QED) is 0.458. The number of methoxy groups -OCH3 is 1. The van der Waals surface area contributed by atoms with Crippen molar-refractivity contribution < 1.29 is 19.1 Å². The average Bonchev–Trinajstić information content (AvgIpc) is 2.36. The molecule has 0 aliphatic rings. The first-order chi connectivity index (χ1) is 8.49. The smallest absolute Gasteiger partial charge is 0.308 e. The summed E-state index contributed by atoms with van der Waals surface area (Å²) in [5, 5.41) is 0. The maximum Gasteiger partial charge on any atom is 0.308 e. The Morgan fingerprint density at radius 3 is 2.44 bits per heavy atom. The highest BCUT2D eigenvalue weighted by molar-refractivity contribution is 5.98. The van der Waals surface area contributed by atoms with Crippen LogP contribution in [0, 0.1) is 5.92 Å². The fourth-order valence-corrected chi connectivity index (χ4v) is 1.53. The topological polar surface area (TPSA) is 52.6 Å². The molecule has 4 nitrogen and oxygen atoms in total. The summed E-state index contributed by atoms with van der Waals surface area (Å²) in [5.74, 6) is 0.318. The number of carbonyl (C=O) groups is 2. The predicted molar refractivity (Wildman–Crippen MR) is 68.1 cm³/mol. The number of esters is 1. The van der Waals surface area contributed by atoms with Crippen LogP contribution in [0.3, 0.4) is 0 Å². The van der Waals surface area contributed by atoms with Crippen LogP contribution in [0.2, 0.25) is 0 Å². The lowest BCUT2D eigenvalue weighted by molar-refractivity contribution is -0.132. The van der Waals surface area contributed by atoms with Crippen LogP contribution in [0.1, 0.15) is 37.6 Å². The van der Waals surface area contributed by atoms with Crippen molar-refractivity contribution in [2.75, 3.05) is 7.11 Å². The van der Waals surface area contributed by atoms with Gasteiger partial charge >= 0.3 is 5.97 Å². The van der Waals surface area contributed by atoms with Crippen molar-refractivity contribution >= 4 is 11.8 Å². The van der Waals surface area contributed by atoms with Crippen LogP contribution in [0.25, 0.3) is 0 Å². The van der Waals surface area contributed by atoms with Crippen LogP contribution in [0.15, 0.2) is 18.2 Å². The number of rotatable bonds is 5. The van der Waals surface area contributed by atoms with Gasteiger partial charge in [0.25, 0.3) is 0 Å². The van der Waals surface area contributed by atoms with Crippen molar-refractivity contribution in [1.82, 2.24) is 0 Å². The van der Waals surface area contributed by atoms with E-state index in [4.69, 9.17) is 9.47 Å². The van der Waals surface area contributed by atoms with Crippen molar-refractivity contribution in [3.05, 3.63) is 23.8 Å². The predicted octanol–water partition coefficient (Wildman–Crippen LogP) is 2.85. The van der Waals surface area contributed by atoms with E-state index in [0.717, 1.165) is 6.42 Å². The molecule has 0 heterocycles. The van der Waals surface area contributed by atoms with E-state index in [1.165, 1.54) is 14.0 Å². The summed E-state index contributed by atoms with van der Waals surface area (Å²) in [6.45, 7) is 5.17. The molecule has 0 aromatic heterocycles. The first-order valence-electron chi connectivity index (χ1n) is 5.90. The number of benzene rings is 1. The Balaban J connectivity index is 3.05. The van der Waals surface area contributed by atoms with Gasteiger partial charge in [-0.3, -0.25) is 9.59 Å². The third-order valence-corrected chi connectivity index (χ3v) is 2.76. The van der Waals surface area contributed by atoms with Gasteiger partial charge in [0.15, 0.2) is 17.3 Å². The van der Waals surface area contributed by atoms with Gasteiger partial charge in [-0.25, -0.2) is 0 Å². The van der Waals surface area contributed by atoms with E-state index in [9.17, 15) is 9.59 Å². The van der Waals surface area contributed by atoms with Gasteiger partial charge in [0, 0.05) is 18.4 Å². The van der Waals surface area contributed by atoms with Gasteiger partial charge in [-0.1, -0.05) is 13.8 Å². The molecule has 4 heteroatoms. The van der Waals surface area contributed by atoms with Crippen molar-refractivity contribution in [3.63, 3.8) is 0 Å². The molecular weight excluding hydrogens is 232 g/mol. The molecule has 0 amide bonds. The van der Waals surface area contributed by atoms with Crippen molar-refractivity contribution in [2.45, 2.75) is 27.2 Å². The summed E-state index contributed by atoms with van der Waals surface area (Å²) in [6, 6.07) is 4.83. The van der Waals surface area contributed by atoms with Gasteiger partial charge in [0.05, 0.1) is 7.11 Å². The highest BCUT2D eigenvalue weighted by atomic mass is 16.6. The normalized spacial score (nSPS) is 11.8. The van der Waals surface area contributed by atoms with E-state index < -0.39 is 5.97 Å². The summed E-state index contributed by atoms with van der Waals surface area (Å²) in [6.07, 6.45) is 0.785. The number of carbonyl (C=O) groups excluding carboxylic acids is 2. The molecule has 1 aromatic rings. The third kappa shape index (κ3) is 3.32. The molecule has 1 rings (SSSR count). The fraction of sp³-hybridized carbons (Fsp3) is 0.429. The lowest BCUT2D eigenvalue weighted by Gasteiger charge is -2.11. The molecule has 18 heavy (non-hydrogen) atoms. The van der Waals surface area contributed by atoms with Crippen LogP contribution in [0.5, 0.6) is 11.5 Å². The Labute approximate surface area is 107 Å². The number of ketones is 1. The zero-order valence-corrected chi connectivity index (χ0v) is 11.1. The molecule has 0 bridgehead atoms. The number of hydrogen-bond acceptors (Lipinski definition) is 4. The maximum atomic E-state index is 12.0. The zero-order valence-electron chi connectivity index (χ0n) is 11.1. The number of ether oxygens (including phenoxy) is 2. The van der Waals surface area contributed by atoms with Crippen molar-refractivity contribution in [2.24, 2.45) is 5.92 Å². The van der Waals surface area contributed by atoms with E-state index >= 15 is 0 Å². The molecular formula is C14H18O4. The van der Waals surface area contributed by atoms with E-state index in [1.54, 1.807) is 18.2 Å². The summed E-state index contributed by atoms with van der Waals surface area (Å²) in [7, 11) is 1.47. The van der Waals surface area contributed by atoms with Crippen LogP contribution in [-0.2, 0) is 4.79 Å². The summed E-state index contributed by atoms with van der Waals surface area (Å²) in [4.78, 5) is 22.9. The largest absolute Gasteiger partial charge is 0.493 e. The lowest BCUT2D eigenvalue weighted by atomic mass is 9.97. The van der Waals surface area contributed by atoms with Crippen LogP contribution in [-0.4, -0.2) is 18.9 Å². The number of hydrogen-bond donors (Lipinski definition) is 0. The molecule has 98 valence electrons. The summed E-state index contributed by atoms with van der Waals surface area (Å²) in [5.41, 5.74) is 0.567. The fourth-order valence-electron chi connectivity index (χ4n) is 1.53. The molecule has 0 spiro atoms. The number of Topliss-reactive ketones (excluding diaryl/α,β-unsaturated/α-hetero) is 1. The summed E-state index contributed by atoms with van der Waals surface area (Å²) >= 11 is 0. The standard InChI is InChI=1S/C14H18O4/c1-5-9(2)14(16)11-6-7-12(18-10(3)15)13(8-11)17-4/h6-9H,5H2,1-4H3. The Bertz CT molecular complexity index is 451. The van der Waals surface area contributed by atoms with Gasteiger partial charge < -0.3 is 9.47 Å². The minimum absolute atomic E-state index is 0.0331. The Hall–Kier alpha value is -1.84. The molecule has 0 aliphatic carbocycles. The van der Waals surface area contributed by atoms with Gasteiger partial charge in [-0.15, -0.1) is 0 Å². The van der Waals surface area contributed by atoms with Crippen molar-refractivity contribution in [3.8, 4) is 11.5 Å². The second-order valence-corrected chi connectivity index (χ2v) is 4.13. The molecule has 0 saturated carbocycles. The molecule has 1 aromatic carbocycles. The van der Waals surface area contributed by atoms with Crippen molar-refractivity contribution in [1.29, 1.82) is 0 Å². The van der Waals surface area contributed by atoms with Gasteiger partial charge in [-0.2, -0.15) is 0 Å². The second kappa shape index (κ2) is 6.19. The Morgan fingerprint density at radius 1 is 1.28 bits per heavy atom. The molecule has 1 unspecified atom stereocenters. The van der Waals surface area contributed by atoms with Gasteiger partial charge in [0.1, 0.15) is 0 Å².